The summed E-state index contributed by atoms with van der Waals surface area (Å²) in [5.41, 5.74) is 3.86. The van der Waals surface area contributed by atoms with Gasteiger partial charge in [-0.3, -0.25) is 0 Å². The molecule has 0 radical (unpaired) electrons. The highest BCUT2D eigenvalue weighted by Crippen LogP contribution is 2.58. The standard InChI is InChI=1S/C15H18N2O2/c1-4-10-7-11-12(5-1)19-17-14(11)15(10)6-2-3-9-8-18-16-13(9)15/h8,10-12H,1-7H2/t10-,11-,12+,15-/m0/s1. The fourth-order valence-electron chi connectivity index (χ4n) is 5.14. The largest absolute Gasteiger partial charge is 0.392 e. The highest BCUT2D eigenvalue weighted by molar-refractivity contribution is 6.00. The number of rotatable bonds is 0. The molecule has 4 atom stereocenters. The van der Waals surface area contributed by atoms with Crippen molar-refractivity contribution in [3.63, 3.8) is 0 Å². The molecule has 4 nitrogen and oxygen atoms in total. The maximum atomic E-state index is 5.74. The summed E-state index contributed by atoms with van der Waals surface area (Å²) in [6.45, 7) is 0. The highest BCUT2D eigenvalue weighted by Gasteiger charge is 2.61. The van der Waals surface area contributed by atoms with Gasteiger partial charge in [0.15, 0.2) is 0 Å². The molecular formula is C15H18N2O2. The smallest absolute Gasteiger partial charge is 0.135 e. The third-order valence-electron chi connectivity index (χ3n) is 5.90. The van der Waals surface area contributed by atoms with E-state index in [0.29, 0.717) is 17.9 Å². The zero-order chi connectivity index (χ0) is 12.4. The predicted molar refractivity (Wildman–Crippen MR) is 68.9 cm³/mol. The lowest BCUT2D eigenvalue weighted by molar-refractivity contribution is 0.0556. The van der Waals surface area contributed by atoms with Crippen LogP contribution in [0.3, 0.4) is 0 Å². The van der Waals surface area contributed by atoms with Gasteiger partial charge in [-0.25, -0.2) is 0 Å². The van der Waals surface area contributed by atoms with Gasteiger partial charge in [-0.05, 0) is 50.9 Å². The number of aromatic nitrogens is 1. The lowest BCUT2D eigenvalue weighted by atomic mass is 9.64. The Morgan fingerprint density at radius 2 is 2.26 bits per heavy atom. The van der Waals surface area contributed by atoms with Gasteiger partial charge in [-0.2, -0.15) is 0 Å². The van der Waals surface area contributed by atoms with E-state index in [-0.39, 0.29) is 5.41 Å². The third kappa shape index (κ3) is 1.12. The van der Waals surface area contributed by atoms with Crippen molar-refractivity contribution in [2.24, 2.45) is 17.0 Å². The molecule has 2 fully saturated rings. The van der Waals surface area contributed by atoms with Crippen LogP contribution in [-0.4, -0.2) is 17.0 Å². The zero-order valence-electron chi connectivity index (χ0n) is 11.0. The molecule has 1 aromatic heterocycles. The number of nitrogens with zero attached hydrogens (tertiary/aromatic N) is 2. The number of oxime groups is 1. The number of aryl methyl sites for hydroxylation is 1. The second-order valence-corrected chi connectivity index (χ2v) is 6.60. The van der Waals surface area contributed by atoms with Crippen LogP contribution in [0.15, 0.2) is 15.9 Å². The fourth-order valence-corrected chi connectivity index (χ4v) is 5.14. The molecular weight excluding hydrogens is 240 g/mol. The quantitative estimate of drug-likeness (QED) is 0.719. The minimum atomic E-state index is 0.0560. The summed E-state index contributed by atoms with van der Waals surface area (Å²) in [4.78, 5) is 5.74. The first kappa shape index (κ1) is 10.5. The van der Waals surface area contributed by atoms with Crippen molar-refractivity contribution >= 4 is 5.71 Å². The van der Waals surface area contributed by atoms with Gasteiger partial charge in [0.2, 0.25) is 0 Å². The Hall–Kier alpha value is -1.32. The molecule has 1 aromatic rings. The molecule has 1 aliphatic heterocycles. The Labute approximate surface area is 112 Å². The molecule has 100 valence electrons. The molecule has 1 spiro atoms. The van der Waals surface area contributed by atoms with E-state index >= 15 is 0 Å². The van der Waals surface area contributed by atoms with Gasteiger partial charge < -0.3 is 9.36 Å². The summed E-state index contributed by atoms with van der Waals surface area (Å²) in [6, 6.07) is 0. The van der Waals surface area contributed by atoms with Gasteiger partial charge in [0.25, 0.3) is 0 Å². The van der Waals surface area contributed by atoms with Gasteiger partial charge in [0, 0.05) is 11.5 Å². The Morgan fingerprint density at radius 1 is 1.26 bits per heavy atom. The number of hydrogen-bond donors (Lipinski definition) is 0. The van der Waals surface area contributed by atoms with E-state index in [0.717, 1.165) is 6.42 Å². The van der Waals surface area contributed by atoms with Crippen molar-refractivity contribution in [2.75, 3.05) is 0 Å². The fraction of sp³-hybridized carbons (Fsp3) is 0.733. The van der Waals surface area contributed by atoms with Crippen molar-refractivity contribution in [2.45, 2.75) is 56.5 Å². The van der Waals surface area contributed by atoms with Crippen molar-refractivity contribution in [3.8, 4) is 0 Å². The number of fused-ring (bicyclic) bond motifs is 5. The van der Waals surface area contributed by atoms with Gasteiger partial charge in [-0.1, -0.05) is 10.3 Å². The maximum Gasteiger partial charge on any atom is 0.135 e. The normalized spacial score (nSPS) is 42.7. The van der Waals surface area contributed by atoms with Crippen LogP contribution in [0.2, 0.25) is 0 Å². The van der Waals surface area contributed by atoms with Crippen LogP contribution in [0.25, 0.3) is 0 Å². The Bertz CT molecular complexity index is 564. The van der Waals surface area contributed by atoms with Crippen LogP contribution < -0.4 is 0 Å². The molecule has 0 aromatic carbocycles. The predicted octanol–water partition coefficient (Wildman–Crippen LogP) is 2.82. The lowest BCUT2D eigenvalue weighted by Crippen LogP contribution is -2.42. The second kappa shape index (κ2) is 3.41. The van der Waals surface area contributed by atoms with Crippen molar-refractivity contribution in [1.29, 1.82) is 0 Å². The first-order valence-corrected chi connectivity index (χ1v) is 7.57. The summed E-state index contributed by atoms with van der Waals surface area (Å²) in [6.07, 6.45) is 10.7. The molecule has 0 saturated heterocycles. The maximum absolute atomic E-state index is 5.74. The molecule has 19 heavy (non-hydrogen) atoms. The minimum Gasteiger partial charge on any atom is -0.392 e. The summed E-state index contributed by atoms with van der Waals surface area (Å²) in [7, 11) is 0. The lowest BCUT2D eigenvalue weighted by Gasteiger charge is -2.37. The van der Waals surface area contributed by atoms with E-state index in [4.69, 9.17) is 9.36 Å². The third-order valence-corrected chi connectivity index (χ3v) is 5.90. The molecule has 2 bridgehead atoms. The summed E-state index contributed by atoms with van der Waals surface area (Å²) in [5.74, 6) is 1.25. The van der Waals surface area contributed by atoms with Crippen LogP contribution in [0.4, 0.5) is 0 Å². The highest BCUT2D eigenvalue weighted by atomic mass is 16.6. The van der Waals surface area contributed by atoms with Crippen LogP contribution in [0.5, 0.6) is 0 Å². The topological polar surface area (TPSA) is 47.6 Å². The molecule has 2 saturated carbocycles. The van der Waals surface area contributed by atoms with Crippen LogP contribution >= 0.6 is 0 Å². The second-order valence-electron chi connectivity index (χ2n) is 6.60. The Balaban J connectivity index is 1.73. The monoisotopic (exact) mass is 258 g/mol. The Morgan fingerprint density at radius 3 is 3.26 bits per heavy atom. The zero-order valence-corrected chi connectivity index (χ0v) is 11.0. The van der Waals surface area contributed by atoms with Crippen LogP contribution in [0.1, 0.15) is 49.8 Å². The number of hydrogen-bond acceptors (Lipinski definition) is 4. The summed E-state index contributed by atoms with van der Waals surface area (Å²) in [5, 5.41) is 8.92. The van der Waals surface area contributed by atoms with E-state index in [1.54, 1.807) is 0 Å². The van der Waals surface area contributed by atoms with Crippen molar-refractivity contribution in [3.05, 3.63) is 17.5 Å². The van der Waals surface area contributed by atoms with Crippen LogP contribution in [0, 0.1) is 11.8 Å². The average molecular weight is 258 g/mol. The van der Waals surface area contributed by atoms with Gasteiger partial charge in [-0.15, -0.1) is 0 Å². The molecule has 4 heteroatoms. The van der Waals surface area contributed by atoms with E-state index in [2.05, 4.69) is 10.3 Å². The first-order valence-electron chi connectivity index (χ1n) is 7.57. The molecule has 3 aliphatic carbocycles. The first-order chi connectivity index (χ1) is 9.39. The summed E-state index contributed by atoms with van der Waals surface area (Å²) >= 11 is 0. The molecule has 0 unspecified atom stereocenters. The van der Waals surface area contributed by atoms with E-state index < -0.39 is 0 Å². The molecule has 4 aliphatic rings. The van der Waals surface area contributed by atoms with Crippen molar-refractivity contribution in [1.82, 2.24) is 5.16 Å². The Kier molecular flexibility index (Phi) is 1.88. The molecule has 0 N–H and O–H groups in total. The van der Waals surface area contributed by atoms with Gasteiger partial charge >= 0.3 is 0 Å². The van der Waals surface area contributed by atoms with Crippen molar-refractivity contribution < 1.29 is 9.36 Å². The SMILES string of the molecule is c1onc2c1CCC[C@@]21C2=NO[C@@H]3CCC[C@H]1C[C@H]23. The molecule has 2 heterocycles. The van der Waals surface area contributed by atoms with E-state index in [9.17, 15) is 0 Å². The molecule has 5 rings (SSSR count). The van der Waals surface area contributed by atoms with Crippen LogP contribution in [-0.2, 0) is 16.7 Å². The van der Waals surface area contributed by atoms with E-state index in [1.165, 1.54) is 55.5 Å². The van der Waals surface area contributed by atoms with Gasteiger partial charge in [0.1, 0.15) is 12.4 Å². The van der Waals surface area contributed by atoms with Gasteiger partial charge in [0.05, 0.1) is 16.8 Å². The molecule has 0 amide bonds. The minimum absolute atomic E-state index is 0.0560. The van der Waals surface area contributed by atoms with E-state index in [1.807, 2.05) is 6.26 Å². The average Bonchev–Trinajstić information content (AvgIpc) is 3.07. The summed E-state index contributed by atoms with van der Waals surface area (Å²) < 4.78 is 5.29.